The molecule has 5 heterocycles. The first kappa shape index (κ1) is 18.3. The van der Waals surface area contributed by atoms with Crippen LogP contribution in [0.2, 0.25) is 0 Å². The number of benzene rings is 1. The molecule has 1 atom stereocenters. The zero-order valence-electron chi connectivity index (χ0n) is 17.0. The van der Waals surface area contributed by atoms with E-state index < -0.39 is 5.54 Å². The fourth-order valence-electron chi connectivity index (χ4n) is 4.22. The van der Waals surface area contributed by atoms with Gasteiger partial charge in [0.25, 0.3) is 0 Å². The average molecular weight is 417 g/mol. The Morgan fingerprint density at radius 3 is 2.25 bits per heavy atom. The zero-order chi connectivity index (χ0) is 21.7. The van der Waals surface area contributed by atoms with Crippen molar-refractivity contribution in [3.05, 3.63) is 112 Å². The van der Waals surface area contributed by atoms with Gasteiger partial charge in [-0.25, -0.2) is 9.98 Å². The van der Waals surface area contributed by atoms with Gasteiger partial charge in [0.1, 0.15) is 5.54 Å². The van der Waals surface area contributed by atoms with Crippen LogP contribution in [-0.2, 0) is 10.3 Å². The SMILES string of the molecule is Nc1ccc(C23C=C4C=CC(=N4)C=C4C=CC(=N4)C=c4ccc([nH]4)=CC(=CC2=O)N3)cc1. The third-order valence-corrected chi connectivity index (χ3v) is 5.75. The minimum atomic E-state index is -1.07. The highest BCUT2D eigenvalue weighted by Crippen LogP contribution is 2.34. The Hall–Kier alpha value is -4.45. The van der Waals surface area contributed by atoms with Crippen LogP contribution < -0.4 is 21.7 Å². The first-order valence-corrected chi connectivity index (χ1v) is 10.3. The Bertz CT molecular complexity index is 1510. The molecule has 0 amide bonds. The number of hydrogen-bond acceptors (Lipinski definition) is 5. The van der Waals surface area contributed by atoms with E-state index in [4.69, 9.17) is 10.7 Å². The number of ketones is 1. The van der Waals surface area contributed by atoms with Crippen molar-refractivity contribution in [2.45, 2.75) is 5.54 Å². The van der Waals surface area contributed by atoms with Crippen molar-refractivity contribution in [3.63, 3.8) is 0 Å². The number of allylic oxidation sites excluding steroid dienone is 6. The van der Waals surface area contributed by atoms with Gasteiger partial charge in [-0.15, -0.1) is 0 Å². The summed E-state index contributed by atoms with van der Waals surface area (Å²) in [6.45, 7) is 0. The molecule has 2 aromatic rings. The Balaban J connectivity index is 1.57. The predicted molar refractivity (Wildman–Crippen MR) is 127 cm³/mol. The summed E-state index contributed by atoms with van der Waals surface area (Å²) >= 11 is 0. The number of aromatic amines is 1. The van der Waals surface area contributed by atoms with E-state index in [-0.39, 0.29) is 5.78 Å². The van der Waals surface area contributed by atoms with Gasteiger partial charge < -0.3 is 16.0 Å². The number of hydrogen-bond donors (Lipinski definition) is 3. The predicted octanol–water partition coefficient (Wildman–Crippen LogP) is 1.91. The van der Waals surface area contributed by atoms with Crippen molar-refractivity contribution < 1.29 is 4.79 Å². The van der Waals surface area contributed by atoms with E-state index >= 15 is 0 Å². The third-order valence-electron chi connectivity index (χ3n) is 5.75. The molecule has 8 bridgehead atoms. The standard InChI is InChI=1S/C26H19N5O/c27-17-3-1-16(2-4-17)26-15-23-10-9-21(30-23)12-20-6-5-18(28-20)11-19-7-8-22(29-19)13-24(31-26)14-25(26)32/h1-15,29,31H,27H2. The second-order valence-electron chi connectivity index (χ2n) is 8.06. The van der Waals surface area contributed by atoms with Crippen LogP contribution in [0.25, 0.3) is 12.2 Å². The smallest absolute Gasteiger partial charge is 0.191 e. The number of nitrogens with one attached hydrogen (secondary N) is 2. The van der Waals surface area contributed by atoms with Crippen LogP contribution in [-0.4, -0.2) is 22.2 Å². The Labute approximate surface area is 184 Å². The maximum atomic E-state index is 13.4. The van der Waals surface area contributed by atoms with Crippen LogP contribution in [0.1, 0.15) is 5.56 Å². The second-order valence-corrected chi connectivity index (χ2v) is 8.06. The van der Waals surface area contributed by atoms with Crippen LogP contribution in [0.15, 0.2) is 106 Å². The van der Waals surface area contributed by atoms with E-state index in [1.165, 1.54) is 0 Å². The minimum Gasteiger partial charge on any atom is -0.399 e. The van der Waals surface area contributed by atoms with Crippen LogP contribution in [0.5, 0.6) is 0 Å². The first-order chi connectivity index (χ1) is 15.6. The molecule has 6 heteroatoms. The van der Waals surface area contributed by atoms with Crippen LogP contribution in [0.3, 0.4) is 0 Å². The average Bonchev–Trinajstić information content (AvgIpc) is 3.54. The van der Waals surface area contributed by atoms with Crippen molar-refractivity contribution in [1.82, 2.24) is 10.3 Å². The lowest BCUT2D eigenvalue weighted by atomic mass is 9.86. The number of carbonyl (C=O) groups is 1. The van der Waals surface area contributed by atoms with Gasteiger partial charge in [0.15, 0.2) is 5.78 Å². The van der Waals surface area contributed by atoms with Gasteiger partial charge in [-0.3, -0.25) is 4.79 Å². The number of nitrogens with two attached hydrogens (primary N) is 1. The molecule has 4 N–H and O–H groups in total. The molecule has 1 unspecified atom stereocenters. The van der Waals surface area contributed by atoms with Crippen molar-refractivity contribution in [2.75, 3.05) is 5.73 Å². The summed E-state index contributed by atoms with van der Waals surface area (Å²) in [6, 6.07) is 11.3. The van der Waals surface area contributed by atoms with Crippen molar-refractivity contribution in [1.29, 1.82) is 0 Å². The first-order valence-electron chi connectivity index (χ1n) is 10.3. The largest absolute Gasteiger partial charge is 0.399 e. The summed E-state index contributed by atoms with van der Waals surface area (Å²) < 4.78 is 0. The highest BCUT2D eigenvalue weighted by molar-refractivity contribution is 6.19. The molecule has 32 heavy (non-hydrogen) atoms. The van der Waals surface area contributed by atoms with Crippen LogP contribution in [0, 0.1) is 0 Å². The van der Waals surface area contributed by atoms with Crippen molar-refractivity contribution >= 4 is 35.0 Å². The number of anilines is 1. The van der Waals surface area contributed by atoms with E-state index in [2.05, 4.69) is 15.3 Å². The van der Waals surface area contributed by atoms with Gasteiger partial charge in [-0.2, -0.15) is 0 Å². The summed E-state index contributed by atoms with van der Waals surface area (Å²) in [5.41, 5.74) is 10.2. The fourth-order valence-corrected chi connectivity index (χ4v) is 4.22. The molecule has 0 radical (unpaired) electrons. The van der Waals surface area contributed by atoms with Gasteiger partial charge in [0, 0.05) is 28.2 Å². The molecule has 4 aliphatic heterocycles. The van der Waals surface area contributed by atoms with Crippen LogP contribution in [0.4, 0.5) is 5.69 Å². The van der Waals surface area contributed by atoms with Gasteiger partial charge in [0.05, 0.1) is 22.8 Å². The molecule has 0 saturated heterocycles. The summed E-state index contributed by atoms with van der Waals surface area (Å²) in [5.74, 6) is -0.0633. The summed E-state index contributed by atoms with van der Waals surface area (Å²) in [5, 5.41) is 5.25. The molecule has 154 valence electrons. The maximum absolute atomic E-state index is 13.4. The fraction of sp³-hybridized carbons (Fsp3) is 0.0385. The van der Waals surface area contributed by atoms with Gasteiger partial charge in [-0.05, 0) is 78.4 Å². The number of H-pyrrole nitrogens is 1. The lowest BCUT2D eigenvalue weighted by Crippen LogP contribution is -2.41. The van der Waals surface area contributed by atoms with Gasteiger partial charge in [0.2, 0.25) is 0 Å². The van der Waals surface area contributed by atoms with Gasteiger partial charge >= 0.3 is 0 Å². The number of fused-ring (bicyclic) bond motifs is 6. The molecule has 0 spiro atoms. The summed E-state index contributed by atoms with van der Waals surface area (Å²) in [4.78, 5) is 26.1. The highest BCUT2D eigenvalue weighted by Gasteiger charge is 2.42. The molecule has 0 aliphatic carbocycles. The molecule has 1 aromatic heterocycles. The molecule has 0 saturated carbocycles. The third kappa shape index (κ3) is 3.09. The van der Waals surface area contributed by atoms with Crippen LogP contribution >= 0.6 is 0 Å². The Morgan fingerprint density at radius 2 is 1.44 bits per heavy atom. The highest BCUT2D eigenvalue weighted by atomic mass is 16.1. The minimum absolute atomic E-state index is 0.0633. The lowest BCUT2D eigenvalue weighted by Gasteiger charge is -2.27. The van der Waals surface area contributed by atoms with E-state index in [0.717, 1.165) is 39.1 Å². The molecular weight excluding hydrogens is 398 g/mol. The Morgan fingerprint density at radius 1 is 0.750 bits per heavy atom. The molecule has 4 aliphatic rings. The van der Waals surface area contributed by atoms with E-state index in [1.807, 2.05) is 72.9 Å². The van der Waals surface area contributed by atoms with Gasteiger partial charge in [-0.1, -0.05) is 12.1 Å². The number of aromatic nitrogens is 1. The molecule has 1 aromatic carbocycles. The van der Waals surface area contributed by atoms with E-state index in [9.17, 15) is 4.79 Å². The normalized spacial score (nSPS) is 22.9. The summed E-state index contributed by atoms with van der Waals surface area (Å²) in [6.07, 6.45) is 17.1. The maximum Gasteiger partial charge on any atom is 0.191 e. The molecule has 6 rings (SSSR count). The second kappa shape index (κ2) is 6.78. The quantitative estimate of drug-likeness (QED) is 0.619. The zero-order valence-corrected chi connectivity index (χ0v) is 17.0. The molecule has 6 nitrogen and oxygen atoms in total. The number of aliphatic imine (C=N–C) groups is 2. The monoisotopic (exact) mass is 417 g/mol. The van der Waals surface area contributed by atoms with E-state index in [0.29, 0.717) is 11.4 Å². The molecular formula is C26H19N5O. The Kier molecular flexibility index (Phi) is 3.89. The lowest BCUT2D eigenvalue weighted by molar-refractivity contribution is -0.118. The van der Waals surface area contributed by atoms with Crippen molar-refractivity contribution in [3.8, 4) is 0 Å². The number of rotatable bonds is 1. The number of carbonyl (C=O) groups excluding carboxylic acids is 1. The topological polar surface area (TPSA) is 95.6 Å². The number of nitrogen functional groups attached to an aromatic ring is 1. The number of nitrogens with zero attached hydrogens (tertiary/aromatic N) is 2. The summed E-state index contributed by atoms with van der Waals surface area (Å²) in [7, 11) is 0. The van der Waals surface area contributed by atoms with Crippen molar-refractivity contribution in [2.24, 2.45) is 9.98 Å². The van der Waals surface area contributed by atoms with E-state index in [1.54, 1.807) is 18.2 Å². The molecule has 0 fully saturated rings.